The summed E-state index contributed by atoms with van der Waals surface area (Å²) in [5, 5.41) is 0. The fourth-order valence-corrected chi connectivity index (χ4v) is 2.77. The van der Waals surface area contributed by atoms with Crippen LogP contribution in [0.3, 0.4) is 0 Å². The molecule has 29 heavy (non-hydrogen) atoms. The normalized spacial score (nSPS) is 11.5. The van der Waals surface area contributed by atoms with Crippen LogP contribution in [0.2, 0.25) is 0 Å². The van der Waals surface area contributed by atoms with Crippen molar-refractivity contribution < 1.29 is 27.1 Å². The molecule has 0 atom stereocenters. The molecule has 0 aliphatic carbocycles. The molecular weight excluding hydrogens is 383 g/mol. The fraction of sp³-hybridized carbons (Fsp3) is 0.273. The summed E-state index contributed by atoms with van der Waals surface area (Å²) in [5.41, 5.74) is 0.835. The minimum absolute atomic E-state index is 0.0557. The summed E-state index contributed by atoms with van der Waals surface area (Å²) in [5.74, 6) is 1.32. The second-order valence-corrected chi connectivity index (χ2v) is 6.59. The minimum atomic E-state index is -4.39. The molecule has 2 aromatic carbocycles. The van der Waals surface area contributed by atoms with Crippen LogP contribution in [0.15, 0.2) is 52.9 Å². The summed E-state index contributed by atoms with van der Waals surface area (Å²) in [6, 6.07) is 11.5. The average molecular weight is 403 g/mol. The zero-order chi connectivity index (χ0) is 21.0. The molecule has 0 aliphatic heterocycles. The first-order valence-corrected chi connectivity index (χ1v) is 9.18. The summed E-state index contributed by atoms with van der Waals surface area (Å²) >= 11 is 0. The van der Waals surface area contributed by atoms with Gasteiger partial charge in [-0.3, -0.25) is 4.79 Å². The van der Waals surface area contributed by atoms with Crippen molar-refractivity contribution in [3.05, 3.63) is 71.1 Å². The third-order valence-corrected chi connectivity index (χ3v) is 4.36. The lowest BCUT2D eigenvalue weighted by Crippen LogP contribution is -2.04. The maximum Gasteiger partial charge on any atom is 0.416 e. The van der Waals surface area contributed by atoms with Gasteiger partial charge in [0.05, 0.1) is 5.56 Å². The number of carbonyl (C=O) groups is 1. The molecule has 0 aliphatic rings. The Morgan fingerprint density at radius 1 is 1.14 bits per heavy atom. The van der Waals surface area contributed by atoms with Gasteiger partial charge in [0.1, 0.15) is 23.8 Å². The third-order valence-electron chi connectivity index (χ3n) is 4.36. The minimum Gasteiger partial charge on any atom is -0.487 e. The molecule has 4 nitrogen and oxygen atoms in total. The van der Waals surface area contributed by atoms with Gasteiger partial charge in [0.25, 0.3) is 0 Å². The van der Waals surface area contributed by atoms with Crippen molar-refractivity contribution in [1.29, 1.82) is 0 Å². The van der Waals surface area contributed by atoms with Crippen molar-refractivity contribution in [1.82, 2.24) is 4.98 Å². The lowest BCUT2D eigenvalue weighted by Gasteiger charge is -2.06. The zero-order valence-corrected chi connectivity index (χ0v) is 16.0. The number of aryl methyl sites for hydroxylation is 1. The molecule has 3 rings (SSSR count). The average Bonchev–Trinajstić information content (AvgIpc) is 3.07. The van der Waals surface area contributed by atoms with Gasteiger partial charge in [-0.05, 0) is 49.7 Å². The molecular formula is C22H20F3NO3. The van der Waals surface area contributed by atoms with Gasteiger partial charge in [0.15, 0.2) is 5.78 Å². The number of carbonyl (C=O) groups excluding carboxylic acids is 1. The molecule has 0 spiro atoms. The Balaban J connectivity index is 1.71. The van der Waals surface area contributed by atoms with Crippen LogP contribution in [0, 0.1) is 6.92 Å². The number of alkyl halides is 3. The molecule has 1 aromatic heterocycles. The Morgan fingerprint density at radius 2 is 1.86 bits per heavy atom. The van der Waals surface area contributed by atoms with E-state index in [2.05, 4.69) is 4.98 Å². The summed E-state index contributed by atoms with van der Waals surface area (Å²) in [6.45, 7) is 3.77. The number of hydrogen-bond donors (Lipinski definition) is 0. The monoisotopic (exact) mass is 403 g/mol. The van der Waals surface area contributed by atoms with E-state index in [-0.39, 0.29) is 18.3 Å². The van der Waals surface area contributed by atoms with Crippen LogP contribution in [0.1, 0.15) is 47.1 Å². The molecule has 0 bridgehead atoms. The maximum absolute atomic E-state index is 12.7. The SMILES string of the molecule is CCCC(=O)c1cccc(OCc2nc(-c3ccc(C(F)(F)F)cc3)oc2C)c1. The molecule has 0 unspecified atom stereocenters. The van der Waals surface area contributed by atoms with Crippen molar-refractivity contribution in [2.24, 2.45) is 0 Å². The lowest BCUT2D eigenvalue weighted by molar-refractivity contribution is -0.137. The maximum atomic E-state index is 12.7. The Hall–Kier alpha value is -3.09. The topological polar surface area (TPSA) is 52.3 Å². The highest BCUT2D eigenvalue weighted by Gasteiger charge is 2.30. The quantitative estimate of drug-likeness (QED) is 0.439. The smallest absolute Gasteiger partial charge is 0.416 e. The molecule has 3 aromatic rings. The van der Waals surface area contributed by atoms with Crippen LogP contribution in [-0.4, -0.2) is 10.8 Å². The van der Waals surface area contributed by atoms with Gasteiger partial charge in [-0.25, -0.2) is 4.98 Å². The number of halogens is 3. The van der Waals surface area contributed by atoms with E-state index in [0.29, 0.717) is 34.8 Å². The highest BCUT2D eigenvalue weighted by atomic mass is 19.4. The molecule has 152 valence electrons. The van der Waals surface area contributed by atoms with Gasteiger partial charge in [-0.15, -0.1) is 0 Å². The molecule has 7 heteroatoms. The summed E-state index contributed by atoms with van der Waals surface area (Å²) in [6.07, 6.45) is -3.14. The molecule has 1 heterocycles. The Bertz CT molecular complexity index is 991. The van der Waals surface area contributed by atoms with Gasteiger partial charge in [0, 0.05) is 17.5 Å². The number of oxazole rings is 1. The van der Waals surface area contributed by atoms with Crippen molar-refractivity contribution in [2.45, 2.75) is 39.5 Å². The standard InChI is InChI=1S/C22H20F3NO3/c1-3-5-20(27)16-6-4-7-18(12-16)28-13-19-14(2)29-21(26-19)15-8-10-17(11-9-15)22(23,24)25/h4,6-12H,3,5,13H2,1-2H3. The van der Waals surface area contributed by atoms with Gasteiger partial charge < -0.3 is 9.15 Å². The van der Waals surface area contributed by atoms with Crippen molar-refractivity contribution in [3.8, 4) is 17.2 Å². The van der Waals surface area contributed by atoms with Crippen LogP contribution < -0.4 is 4.74 Å². The highest BCUT2D eigenvalue weighted by Crippen LogP contribution is 2.31. The Morgan fingerprint density at radius 3 is 2.52 bits per heavy atom. The fourth-order valence-electron chi connectivity index (χ4n) is 2.77. The van der Waals surface area contributed by atoms with Crippen LogP contribution in [-0.2, 0) is 12.8 Å². The number of hydrogen-bond acceptors (Lipinski definition) is 4. The van der Waals surface area contributed by atoms with Crippen LogP contribution >= 0.6 is 0 Å². The molecule has 0 saturated carbocycles. The van der Waals surface area contributed by atoms with Crippen LogP contribution in [0.4, 0.5) is 13.2 Å². The van der Waals surface area contributed by atoms with Crippen LogP contribution in [0.5, 0.6) is 5.75 Å². The van der Waals surface area contributed by atoms with E-state index in [1.165, 1.54) is 12.1 Å². The molecule has 0 saturated heterocycles. The van der Waals surface area contributed by atoms with Crippen molar-refractivity contribution in [3.63, 3.8) is 0 Å². The summed E-state index contributed by atoms with van der Waals surface area (Å²) < 4.78 is 49.4. The van der Waals surface area contributed by atoms with Crippen molar-refractivity contribution in [2.75, 3.05) is 0 Å². The highest BCUT2D eigenvalue weighted by molar-refractivity contribution is 5.96. The number of ketones is 1. The molecule has 0 fully saturated rings. The summed E-state index contributed by atoms with van der Waals surface area (Å²) in [7, 11) is 0. The number of Topliss-reactive ketones (excluding diaryl/α,β-unsaturated/α-hetero) is 1. The number of nitrogens with zero attached hydrogens (tertiary/aromatic N) is 1. The second-order valence-electron chi connectivity index (χ2n) is 6.59. The van der Waals surface area contributed by atoms with E-state index in [1.807, 2.05) is 6.92 Å². The number of rotatable bonds is 7. The van der Waals surface area contributed by atoms with Crippen LogP contribution in [0.25, 0.3) is 11.5 Å². The number of ether oxygens (including phenoxy) is 1. The zero-order valence-electron chi connectivity index (χ0n) is 16.0. The van der Waals surface area contributed by atoms with E-state index in [9.17, 15) is 18.0 Å². The first-order valence-electron chi connectivity index (χ1n) is 9.18. The van der Waals surface area contributed by atoms with Crippen molar-refractivity contribution >= 4 is 5.78 Å². The second kappa shape index (κ2) is 8.51. The summed E-state index contributed by atoms with van der Waals surface area (Å²) in [4.78, 5) is 16.4. The molecule has 0 amide bonds. The van der Waals surface area contributed by atoms with E-state index >= 15 is 0 Å². The van der Waals surface area contributed by atoms with Gasteiger partial charge in [-0.1, -0.05) is 19.1 Å². The predicted molar refractivity (Wildman–Crippen MR) is 102 cm³/mol. The Kier molecular flexibility index (Phi) is 6.06. The predicted octanol–water partition coefficient (Wildman–Crippen LogP) is 6.23. The first-order chi connectivity index (χ1) is 13.8. The van der Waals surface area contributed by atoms with Gasteiger partial charge in [-0.2, -0.15) is 13.2 Å². The van der Waals surface area contributed by atoms with E-state index in [4.69, 9.17) is 9.15 Å². The Labute approximate surface area is 166 Å². The van der Waals surface area contributed by atoms with Gasteiger partial charge >= 0.3 is 6.18 Å². The number of benzene rings is 2. The first kappa shape index (κ1) is 20.6. The third kappa shape index (κ3) is 5.04. The van der Waals surface area contributed by atoms with E-state index < -0.39 is 11.7 Å². The van der Waals surface area contributed by atoms with E-state index in [0.717, 1.165) is 18.6 Å². The lowest BCUT2D eigenvalue weighted by atomic mass is 10.1. The molecule has 0 N–H and O–H groups in total. The molecule has 0 radical (unpaired) electrons. The number of aromatic nitrogens is 1. The largest absolute Gasteiger partial charge is 0.487 e. The van der Waals surface area contributed by atoms with E-state index in [1.54, 1.807) is 31.2 Å². The van der Waals surface area contributed by atoms with Gasteiger partial charge in [0.2, 0.25) is 5.89 Å².